The number of hydrogen-bond acceptors (Lipinski definition) is 5. The molecule has 0 spiro atoms. The molecule has 0 heterocycles. The molecule has 0 unspecified atom stereocenters. The molecule has 2 aromatic carbocycles. The number of ketones is 2. The molecule has 0 atom stereocenters. The van der Waals surface area contributed by atoms with E-state index in [0.717, 1.165) is 12.1 Å². The molecule has 0 N–H and O–H groups in total. The van der Waals surface area contributed by atoms with E-state index in [1.807, 2.05) is 0 Å². The van der Waals surface area contributed by atoms with Crippen molar-refractivity contribution in [2.45, 2.75) is 4.90 Å². The molecular weight excluding hydrogens is 366 g/mol. The van der Waals surface area contributed by atoms with Crippen molar-refractivity contribution in [1.29, 1.82) is 0 Å². The van der Waals surface area contributed by atoms with Crippen LogP contribution in [-0.2, 0) is 10.1 Å². The van der Waals surface area contributed by atoms with Crippen molar-refractivity contribution in [2.75, 3.05) is 0 Å². The first-order valence-corrected chi connectivity index (χ1v) is 7.09. The van der Waals surface area contributed by atoms with E-state index < -0.39 is 20.8 Å². The second kappa shape index (κ2) is 5.94. The van der Waals surface area contributed by atoms with E-state index in [-0.39, 0.29) is 86.2 Å². The maximum absolute atomic E-state index is 12.3. The van der Waals surface area contributed by atoms with Crippen molar-refractivity contribution >= 4 is 21.7 Å². The molecule has 1 aliphatic carbocycles. The Hall–Kier alpha value is -0.505. The molecule has 100 valence electrons. The Kier molecular flexibility index (Phi) is 4.77. The zero-order valence-electron chi connectivity index (χ0n) is 11.0. The fraction of sp³-hybridized carbons (Fsp3) is 0. The molecule has 0 fully saturated rings. The summed E-state index contributed by atoms with van der Waals surface area (Å²) in [6.07, 6.45) is 0. The van der Waals surface area contributed by atoms with Crippen LogP contribution in [0.1, 0.15) is 31.8 Å². The quantitative estimate of drug-likeness (QED) is 0.478. The first-order chi connectivity index (χ1) is 9.39. The van der Waals surface area contributed by atoms with Gasteiger partial charge in [0.25, 0.3) is 0 Å². The van der Waals surface area contributed by atoms with E-state index in [0.29, 0.717) is 0 Å². The summed E-state index contributed by atoms with van der Waals surface area (Å²) in [5.74, 6) is -0.814. The third-order valence-electron chi connectivity index (χ3n) is 3.19. The predicted molar refractivity (Wildman–Crippen MR) is 67.7 cm³/mol. The summed E-state index contributed by atoms with van der Waals surface area (Å²) in [6.45, 7) is 0. The molecule has 5 nitrogen and oxygen atoms in total. The van der Waals surface area contributed by atoms with Gasteiger partial charge in [0.2, 0.25) is 0 Å². The monoisotopic (exact) mass is 372 g/mol. The molecule has 0 aromatic heterocycles. The first kappa shape index (κ1) is 16.9. The van der Waals surface area contributed by atoms with E-state index in [4.69, 9.17) is 0 Å². The molecule has 0 aliphatic heterocycles. The number of carbonyl (C=O) groups excluding carboxylic acids is 2. The van der Waals surface area contributed by atoms with Gasteiger partial charge in [0.1, 0.15) is 10.1 Å². The molecule has 0 radical (unpaired) electrons. The van der Waals surface area contributed by atoms with Crippen molar-refractivity contribution < 1.29 is 80.7 Å². The van der Waals surface area contributed by atoms with Crippen LogP contribution < -0.4 is 58.2 Å². The fourth-order valence-electron chi connectivity index (χ4n) is 2.23. The average molecular weight is 373 g/mol. The van der Waals surface area contributed by atoms with Gasteiger partial charge < -0.3 is 4.55 Å². The summed E-state index contributed by atoms with van der Waals surface area (Å²) in [4.78, 5) is 24.0. The van der Waals surface area contributed by atoms with Crippen molar-refractivity contribution in [3.8, 4) is 0 Å². The summed E-state index contributed by atoms with van der Waals surface area (Å²) >= 11 is 0. The van der Waals surface area contributed by atoms with E-state index in [2.05, 4.69) is 0 Å². The number of fused-ring (bicyclic) bond motifs is 2. The van der Waals surface area contributed by atoms with Crippen LogP contribution in [-0.4, -0.2) is 24.5 Å². The molecule has 1 aliphatic rings. The van der Waals surface area contributed by atoms with Crippen molar-refractivity contribution in [1.82, 2.24) is 0 Å². The molecule has 7 heteroatoms. The molecule has 0 bridgehead atoms. The van der Waals surface area contributed by atoms with Crippen LogP contribution in [0.25, 0.3) is 0 Å². The van der Waals surface area contributed by atoms with Crippen LogP contribution in [0.15, 0.2) is 47.4 Å². The van der Waals surface area contributed by atoms with Crippen molar-refractivity contribution in [3.05, 3.63) is 64.7 Å². The minimum Gasteiger partial charge on any atom is -0.744 e. The minimum atomic E-state index is -4.67. The standard InChI is InChI=1S/C14H8O5S.Rb/c15-13-9-3-1-2-4-10(9)14(16)12-7-8(20(17,18)19)5-6-11(12)13;/h1-7H,(H,17,18,19);/q;+1/p-1. The second-order valence-corrected chi connectivity index (χ2v) is 5.74. The largest absolute Gasteiger partial charge is 1.00 e. The van der Waals surface area contributed by atoms with Gasteiger partial charge in [-0.25, -0.2) is 8.42 Å². The zero-order valence-corrected chi connectivity index (χ0v) is 16.7. The third-order valence-corrected chi connectivity index (χ3v) is 4.02. The maximum atomic E-state index is 12.3. The van der Waals surface area contributed by atoms with Crippen molar-refractivity contribution in [2.24, 2.45) is 0 Å². The molecule has 3 rings (SSSR count). The minimum absolute atomic E-state index is 0. The third kappa shape index (κ3) is 2.88. The zero-order chi connectivity index (χ0) is 14.5. The van der Waals surface area contributed by atoms with Crippen LogP contribution >= 0.6 is 0 Å². The van der Waals surface area contributed by atoms with Crippen LogP contribution in [0.5, 0.6) is 0 Å². The Bertz CT molecular complexity index is 871. The average Bonchev–Trinajstić information content (AvgIpc) is 2.43. The summed E-state index contributed by atoms with van der Waals surface area (Å²) in [7, 11) is -4.67. The van der Waals surface area contributed by atoms with Gasteiger partial charge in [0, 0.05) is 22.3 Å². The second-order valence-electron chi connectivity index (χ2n) is 4.37. The first-order valence-electron chi connectivity index (χ1n) is 5.68. The Morgan fingerprint density at radius 1 is 0.762 bits per heavy atom. The Balaban J connectivity index is 0.00000161. The van der Waals surface area contributed by atoms with Crippen LogP contribution in [0.4, 0.5) is 0 Å². The smallest absolute Gasteiger partial charge is 0.744 e. The van der Waals surface area contributed by atoms with Crippen LogP contribution in [0.3, 0.4) is 0 Å². The fourth-order valence-corrected chi connectivity index (χ4v) is 2.73. The molecule has 0 saturated carbocycles. The maximum Gasteiger partial charge on any atom is 1.00 e. The van der Waals surface area contributed by atoms with Gasteiger partial charge in [-0.15, -0.1) is 0 Å². The van der Waals surface area contributed by atoms with Gasteiger partial charge in [-0.3, -0.25) is 9.59 Å². The van der Waals surface area contributed by atoms with E-state index in [1.165, 1.54) is 18.2 Å². The van der Waals surface area contributed by atoms with Gasteiger partial charge in [0.05, 0.1) is 4.90 Å². The number of hydrogen-bond donors (Lipinski definition) is 0. The summed E-state index contributed by atoms with van der Waals surface area (Å²) in [5.41, 5.74) is 0.555. The van der Waals surface area contributed by atoms with Crippen LogP contribution in [0, 0.1) is 0 Å². The normalized spacial score (nSPS) is 13.2. The molecule has 21 heavy (non-hydrogen) atoms. The SMILES string of the molecule is O=C1c2ccccc2C(=O)c2cc(S(=O)(=O)[O-])ccc21.[Rb+]. The number of carbonyl (C=O) groups is 2. The van der Waals surface area contributed by atoms with Gasteiger partial charge in [-0.05, 0) is 18.2 Å². The van der Waals surface area contributed by atoms with E-state index in [9.17, 15) is 22.6 Å². The van der Waals surface area contributed by atoms with Gasteiger partial charge in [-0.2, -0.15) is 0 Å². The Labute approximate surface area is 169 Å². The van der Waals surface area contributed by atoms with Crippen molar-refractivity contribution in [3.63, 3.8) is 0 Å². The number of rotatable bonds is 1. The number of benzene rings is 2. The van der Waals surface area contributed by atoms with Crippen LogP contribution in [0.2, 0.25) is 0 Å². The molecule has 2 aromatic rings. The summed E-state index contributed by atoms with van der Waals surface area (Å²) < 4.78 is 33.0. The summed E-state index contributed by atoms with van der Waals surface area (Å²) in [5, 5.41) is 0. The van der Waals surface area contributed by atoms with Gasteiger partial charge >= 0.3 is 58.2 Å². The summed E-state index contributed by atoms with van der Waals surface area (Å²) in [6, 6.07) is 9.51. The van der Waals surface area contributed by atoms with E-state index >= 15 is 0 Å². The molecule has 0 amide bonds. The Morgan fingerprint density at radius 2 is 1.24 bits per heavy atom. The molecular formula is C14H7O5RbS. The predicted octanol–water partition coefficient (Wildman–Crippen LogP) is -1.63. The van der Waals surface area contributed by atoms with E-state index in [1.54, 1.807) is 12.1 Å². The van der Waals surface area contributed by atoms with Gasteiger partial charge in [0.15, 0.2) is 11.6 Å². The Morgan fingerprint density at radius 3 is 1.76 bits per heavy atom. The van der Waals surface area contributed by atoms with Gasteiger partial charge in [-0.1, -0.05) is 24.3 Å². The molecule has 0 saturated heterocycles. The topological polar surface area (TPSA) is 91.3 Å².